The average molecular weight is 489 g/mol. The maximum Gasteiger partial charge on any atom is 0.259 e. The molecule has 0 spiro atoms. The van der Waals surface area contributed by atoms with Crippen LogP contribution < -0.4 is 15.6 Å². The Hall–Kier alpha value is -1.80. The van der Waals surface area contributed by atoms with Crippen LogP contribution in [0.1, 0.15) is 18.0 Å². The molecule has 1 saturated heterocycles. The maximum atomic E-state index is 13.0. The number of benzene rings is 1. The van der Waals surface area contributed by atoms with Crippen LogP contribution in [0.4, 0.5) is 4.39 Å². The van der Waals surface area contributed by atoms with Crippen molar-refractivity contribution in [2.75, 3.05) is 19.7 Å². The van der Waals surface area contributed by atoms with Crippen molar-refractivity contribution in [1.29, 1.82) is 0 Å². The summed E-state index contributed by atoms with van der Waals surface area (Å²) >= 11 is 18.7. The van der Waals surface area contributed by atoms with Crippen LogP contribution in [0.2, 0.25) is 0 Å². The first kappa shape index (κ1) is 22.4. The third kappa shape index (κ3) is 5.17. The molecule has 2 aromatic rings. The number of rotatable bonds is 5. The average Bonchev–Trinajstić information content (AvgIpc) is 2.71. The van der Waals surface area contributed by atoms with Crippen molar-refractivity contribution in [2.45, 2.75) is 28.8 Å². The number of alkyl halides is 3. The number of piperidine rings is 1. The Morgan fingerprint density at radius 1 is 1.16 bits per heavy atom. The summed E-state index contributed by atoms with van der Waals surface area (Å²) in [5, 5.41) is 2.76. The van der Waals surface area contributed by atoms with Gasteiger partial charge in [0.15, 0.2) is 6.61 Å². The summed E-state index contributed by atoms with van der Waals surface area (Å²) in [5.41, 5.74) is 0.951. The number of carbonyl (C=O) groups is 1. The molecule has 2 aliphatic heterocycles. The van der Waals surface area contributed by atoms with Gasteiger partial charge in [0.25, 0.3) is 11.5 Å². The number of aromatic nitrogens is 1. The molecule has 1 N–H and O–H groups in total. The van der Waals surface area contributed by atoms with E-state index in [0.29, 0.717) is 25.4 Å². The Morgan fingerprint density at radius 3 is 2.61 bits per heavy atom. The van der Waals surface area contributed by atoms with Gasteiger partial charge in [0, 0.05) is 37.3 Å². The monoisotopic (exact) mass is 487 g/mol. The van der Waals surface area contributed by atoms with E-state index in [1.54, 1.807) is 12.1 Å². The molecule has 3 heterocycles. The van der Waals surface area contributed by atoms with Crippen LogP contribution in [-0.4, -0.2) is 45.0 Å². The number of ether oxygens (including phenoxy) is 1. The van der Waals surface area contributed by atoms with Crippen LogP contribution in [0.15, 0.2) is 47.3 Å². The lowest BCUT2D eigenvalue weighted by atomic mass is 9.83. The number of nitrogens with one attached hydrogen (secondary N) is 1. The van der Waals surface area contributed by atoms with E-state index in [4.69, 9.17) is 39.5 Å². The van der Waals surface area contributed by atoms with Crippen molar-refractivity contribution in [3.8, 4) is 5.75 Å². The van der Waals surface area contributed by atoms with Gasteiger partial charge in [0.2, 0.25) is 3.79 Å². The molecule has 0 saturated carbocycles. The Bertz CT molecular complexity index is 1010. The highest BCUT2D eigenvalue weighted by molar-refractivity contribution is 6.68. The molecular formula is C21H21Cl3FN3O3. The fourth-order valence-electron chi connectivity index (χ4n) is 4.40. The number of pyridine rings is 1. The highest BCUT2D eigenvalue weighted by Gasteiger charge is 2.44. The largest absolute Gasteiger partial charge is 0.484 e. The highest BCUT2D eigenvalue weighted by atomic mass is 35.6. The van der Waals surface area contributed by atoms with Gasteiger partial charge < -0.3 is 14.6 Å². The summed E-state index contributed by atoms with van der Waals surface area (Å²) in [6.45, 7) is 1.41. The van der Waals surface area contributed by atoms with Crippen LogP contribution in [0.3, 0.4) is 0 Å². The minimum atomic E-state index is -1.77. The predicted octanol–water partition coefficient (Wildman–Crippen LogP) is 3.30. The standard InChI is InChI=1S/C21H21Cl3FN3O3/c22-21(23,24)20(26-18(29)12-31-16-6-4-15(25)5-7-16)27-9-13-8-14(11-27)17-2-1-3-19(30)28(17)10-13/h1-7,13-14,20H,8-12H2,(H,26,29)/t13-,14-,20?/m1/s1. The summed E-state index contributed by atoms with van der Waals surface area (Å²) in [7, 11) is 0. The molecule has 10 heteroatoms. The molecule has 0 radical (unpaired) electrons. The van der Waals surface area contributed by atoms with Crippen molar-refractivity contribution >= 4 is 40.7 Å². The second-order valence-electron chi connectivity index (χ2n) is 7.91. The summed E-state index contributed by atoms with van der Waals surface area (Å²) in [4.78, 5) is 26.7. The van der Waals surface area contributed by atoms with Crippen molar-refractivity contribution in [2.24, 2.45) is 5.92 Å². The second kappa shape index (κ2) is 8.98. The molecule has 2 bridgehead atoms. The van der Waals surface area contributed by atoms with E-state index < -0.39 is 21.7 Å². The smallest absolute Gasteiger partial charge is 0.259 e. The first-order chi connectivity index (χ1) is 14.7. The van der Waals surface area contributed by atoms with E-state index in [9.17, 15) is 14.0 Å². The van der Waals surface area contributed by atoms with Crippen LogP contribution in [0.25, 0.3) is 0 Å². The Balaban J connectivity index is 1.45. The maximum absolute atomic E-state index is 13.0. The lowest BCUT2D eigenvalue weighted by molar-refractivity contribution is -0.125. The third-order valence-electron chi connectivity index (χ3n) is 5.66. The SMILES string of the molecule is O=C(COc1ccc(F)cc1)NC(N1C[C@H]2C[C@H](C1)c1cccc(=O)n1C2)C(Cl)(Cl)Cl. The number of likely N-dealkylation sites (tertiary alicyclic amines) is 1. The first-order valence-corrected chi connectivity index (χ1v) is 11.0. The molecular weight excluding hydrogens is 468 g/mol. The van der Waals surface area contributed by atoms with Gasteiger partial charge >= 0.3 is 0 Å². The minimum Gasteiger partial charge on any atom is -0.484 e. The lowest BCUT2D eigenvalue weighted by Crippen LogP contribution is -2.60. The third-order valence-corrected chi connectivity index (χ3v) is 6.28. The highest BCUT2D eigenvalue weighted by Crippen LogP contribution is 2.39. The summed E-state index contributed by atoms with van der Waals surface area (Å²) < 4.78 is 18.4. The van der Waals surface area contributed by atoms with E-state index in [1.165, 1.54) is 24.3 Å². The van der Waals surface area contributed by atoms with Gasteiger partial charge in [0.05, 0.1) is 0 Å². The molecule has 3 atom stereocenters. The first-order valence-electron chi connectivity index (χ1n) is 9.89. The number of nitrogens with zero attached hydrogens (tertiary/aromatic N) is 2. The van der Waals surface area contributed by atoms with Crippen LogP contribution >= 0.6 is 34.8 Å². The fourth-order valence-corrected chi connectivity index (χ4v) is 4.98. The van der Waals surface area contributed by atoms with Crippen molar-refractivity contribution in [1.82, 2.24) is 14.8 Å². The van der Waals surface area contributed by atoms with Crippen molar-refractivity contribution in [3.05, 3.63) is 64.3 Å². The molecule has 166 valence electrons. The zero-order valence-corrected chi connectivity index (χ0v) is 18.7. The lowest BCUT2D eigenvalue weighted by Gasteiger charge is -2.47. The summed E-state index contributed by atoms with van der Waals surface area (Å²) in [6.07, 6.45) is 0.0721. The molecule has 2 aliphatic rings. The number of hydrogen-bond acceptors (Lipinski definition) is 4. The van der Waals surface area contributed by atoms with Gasteiger partial charge in [-0.05, 0) is 42.7 Å². The molecule has 1 unspecified atom stereocenters. The number of carbonyl (C=O) groups excluding carboxylic acids is 1. The van der Waals surface area contributed by atoms with Gasteiger partial charge in [0.1, 0.15) is 17.7 Å². The second-order valence-corrected chi connectivity index (χ2v) is 10.3. The fraction of sp³-hybridized carbons (Fsp3) is 0.429. The summed E-state index contributed by atoms with van der Waals surface area (Å²) in [5.74, 6) is -0.200. The molecule has 0 aliphatic carbocycles. The normalized spacial score (nSPS) is 21.8. The number of hydrogen-bond donors (Lipinski definition) is 1. The van der Waals surface area contributed by atoms with Crippen LogP contribution in [0.5, 0.6) is 5.75 Å². The van der Waals surface area contributed by atoms with Gasteiger partial charge in [-0.3, -0.25) is 14.5 Å². The summed E-state index contributed by atoms with van der Waals surface area (Å²) in [6, 6.07) is 10.6. The Labute approximate surface area is 193 Å². The van der Waals surface area contributed by atoms with E-state index in [0.717, 1.165) is 12.1 Å². The molecule has 4 rings (SSSR count). The predicted molar refractivity (Wildman–Crippen MR) is 117 cm³/mol. The number of amides is 1. The van der Waals surface area contributed by atoms with Gasteiger partial charge in [-0.1, -0.05) is 40.9 Å². The van der Waals surface area contributed by atoms with Crippen LogP contribution in [-0.2, 0) is 11.3 Å². The Kier molecular flexibility index (Phi) is 6.49. The zero-order chi connectivity index (χ0) is 22.2. The minimum absolute atomic E-state index is 0.00942. The quantitative estimate of drug-likeness (QED) is 0.656. The van der Waals surface area contributed by atoms with E-state index in [-0.39, 0.29) is 24.0 Å². The van der Waals surface area contributed by atoms with Crippen LogP contribution in [0, 0.1) is 11.7 Å². The number of fused-ring (bicyclic) bond motifs is 4. The van der Waals surface area contributed by atoms with E-state index in [2.05, 4.69) is 5.32 Å². The Morgan fingerprint density at radius 2 is 1.90 bits per heavy atom. The molecule has 1 amide bonds. The van der Waals surface area contributed by atoms with Gasteiger partial charge in [-0.2, -0.15) is 0 Å². The zero-order valence-electron chi connectivity index (χ0n) is 16.4. The topological polar surface area (TPSA) is 63.6 Å². The molecule has 1 fully saturated rings. The molecule has 6 nitrogen and oxygen atoms in total. The molecule has 1 aromatic carbocycles. The van der Waals surface area contributed by atoms with E-state index >= 15 is 0 Å². The molecule has 1 aromatic heterocycles. The van der Waals surface area contributed by atoms with Crippen molar-refractivity contribution < 1.29 is 13.9 Å². The van der Waals surface area contributed by atoms with Gasteiger partial charge in [-0.15, -0.1) is 0 Å². The van der Waals surface area contributed by atoms with Gasteiger partial charge in [-0.25, -0.2) is 4.39 Å². The van der Waals surface area contributed by atoms with Crippen molar-refractivity contribution in [3.63, 3.8) is 0 Å². The molecule has 31 heavy (non-hydrogen) atoms. The number of halogens is 4. The van der Waals surface area contributed by atoms with E-state index in [1.807, 2.05) is 15.5 Å².